The van der Waals surface area contributed by atoms with Crippen molar-refractivity contribution in [3.8, 4) is 0 Å². The summed E-state index contributed by atoms with van der Waals surface area (Å²) in [4.78, 5) is 25.8. The standard InChI is InChI=1S/C14H21F3N2O2/c1-10(20)19-8-3-2-6-12(19)11-5-4-7-18(9-11)13(21)14(15,16)17/h11-12H,2-9H2,1H3. The number of alkyl halides is 3. The Kier molecular flexibility index (Phi) is 4.78. The van der Waals surface area contributed by atoms with Crippen LogP contribution in [-0.4, -0.2) is 53.5 Å². The third-order valence-corrected chi connectivity index (χ3v) is 4.49. The van der Waals surface area contributed by atoms with Crippen LogP contribution in [0.3, 0.4) is 0 Å². The van der Waals surface area contributed by atoms with Gasteiger partial charge in [-0.1, -0.05) is 0 Å². The van der Waals surface area contributed by atoms with E-state index in [1.54, 1.807) is 4.90 Å². The summed E-state index contributed by atoms with van der Waals surface area (Å²) >= 11 is 0. The average Bonchev–Trinajstić information content (AvgIpc) is 2.45. The molecule has 2 atom stereocenters. The van der Waals surface area contributed by atoms with Crippen LogP contribution >= 0.6 is 0 Å². The Morgan fingerprint density at radius 2 is 1.76 bits per heavy atom. The first kappa shape index (κ1) is 16.1. The van der Waals surface area contributed by atoms with Crippen LogP contribution in [0.5, 0.6) is 0 Å². The van der Waals surface area contributed by atoms with Gasteiger partial charge in [-0.15, -0.1) is 0 Å². The number of amides is 2. The average molecular weight is 306 g/mol. The summed E-state index contributed by atoms with van der Waals surface area (Å²) in [6.45, 7) is 2.43. The van der Waals surface area contributed by atoms with E-state index in [9.17, 15) is 22.8 Å². The van der Waals surface area contributed by atoms with Gasteiger partial charge in [-0.2, -0.15) is 13.2 Å². The second-order valence-electron chi connectivity index (χ2n) is 5.93. The Morgan fingerprint density at radius 3 is 2.38 bits per heavy atom. The van der Waals surface area contributed by atoms with E-state index in [0.29, 0.717) is 13.0 Å². The first-order valence-corrected chi connectivity index (χ1v) is 7.44. The minimum absolute atomic E-state index is 0.0277. The van der Waals surface area contributed by atoms with Gasteiger partial charge in [0.05, 0.1) is 0 Å². The van der Waals surface area contributed by atoms with Crippen LogP contribution in [0.2, 0.25) is 0 Å². The zero-order valence-electron chi connectivity index (χ0n) is 12.2. The van der Waals surface area contributed by atoms with Crippen LogP contribution in [0.25, 0.3) is 0 Å². The van der Waals surface area contributed by atoms with Crippen LogP contribution in [0.1, 0.15) is 39.0 Å². The zero-order valence-corrected chi connectivity index (χ0v) is 12.2. The van der Waals surface area contributed by atoms with E-state index in [2.05, 4.69) is 0 Å². The minimum Gasteiger partial charge on any atom is -0.340 e. The van der Waals surface area contributed by atoms with E-state index in [0.717, 1.165) is 30.6 Å². The Labute approximate surface area is 122 Å². The Hall–Kier alpha value is -1.27. The molecule has 2 heterocycles. The molecule has 2 fully saturated rings. The predicted molar refractivity (Wildman–Crippen MR) is 70.4 cm³/mol. The van der Waals surface area contributed by atoms with Crippen molar-refractivity contribution in [3.63, 3.8) is 0 Å². The third kappa shape index (κ3) is 3.68. The lowest BCUT2D eigenvalue weighted by atomic mass is 9.84. The second kappa shape index (κ2) is 6.23. The first-order chi connectivity index (χ1) is 9.80. The predicted octanol–water partition coefficient (Wildman–Crippen LogP) is 2.19. The van der Waals surface area contributed by atoms with Crippen molar-refractivity contribution in [3.05, 3.63) is 0 Å². The van der Waals surface area contributed by atoms with Gasteiger partial charge in [-0.05, 0) is 38.0 Å². The topological polar surface area (TPSA) is 40.6 Å². The maximum atomic E-state index is 12.6. The largest absolute Gasteiger partial charge is 0.471 e. The molecule has 0 N–H and O–H groups in total. The highest BCUT2D eigenvalue weighted by Crippen LogP contribution is 2.31. The van der Waals surface area contributed by atoms with Crippen molar-refractivity contribution in [2.45, 2.75) is 51.2 Å². The van der Waals surface area contributed by atoms with Crippen molar-refractivity contribution in [1.82, 2.24) is 9.80 Å². The lowest BCUT2D eigenvalue weighted by molar-refractivity contribution is -0.187. The van der Waals surface area contributed by atoms with Gasteiger partial charge in [0.1, 0.15) is 0 Å². The van der Waals surface area contributed by atoms with E-state index in [1.807, 2.05) is 0 Å². The Morgan fingerprint density at radius 1 is 1.05 bits per heavy atom. The van der Waals surface area contributed by atoms with Crippen molar-refractivity contribution < 1.29 is 22.8 Å². The SMILES string of the molecule is CC(=O)N1CCCCC1C1CCCN(C(=O)C(F)(F)F)C1. The van der Waals surface area contributed by atoms with Crippen molar-refractivity contribution >= 4 is 11.8 Å². The van der Waals surface area contributed by atoms with E-state index < -0.39 is 12.1 Å². The highest BCUT2D eigenvalue weighted by Gasteiger charge is 2.45. The summed E-state index contributed by atoms with van der Waals surface area (Å²) < 4.78 is 37.7. The molecule has 0 aliphatic carbocycles. The first-order valence-electron chi connectivity index (χ1n) is 7.44. The molecule has 2 aliphatic rings. The molecule has 7 heteroatoms. The molecule has 21 heavy (non-hydrogen) atoms. The number of carbonyl (C=O) groups excluding carboxylic acids is 2. The monoisotopic (exact) mass is 306 g/mol. The molecule has 0 aromatic rings. The van der Waals surface area contributed by atoms with Gasteiger partial charge in [-0.3, -0.25) is 9.59 Å². The number of rotatable bonds is 1. The molecule has 4 nitrogen and oxygen atoms in total. The summed E-state index contributed by atoms with van der Waals surface area (Å²) in [5.74, 6) is -1.83. The van der Waals surface area contributed by atoms with Gasteiger partial charge in [0.25, 0.3) is 0 Å². The summed E-state index contributed by atoms with van der Waals surface area (Å²) in [7, 11) is 0. The molecule has 2 saturated heterocycles. The molecular weight excluding hydrogens is 285 g/mol. The second-order valence-corrected chi connectivity index (χ2v) is 5.93. The highest BCUT2D eigenvalue weighted by atomic mass is 19.4. The number of nitrogens with zero attached hydrogens (tertiary/aromatic N) is 2. The van der Waals surface area contributed by atoms with E-state index in [4.69, 9.17) is 0 Å². The van der Waals surface area contributed by atoms with Crippen LogP contribution in [0, 0.1) is 5.92 Å². The molecule has 2 amide bonds. The third-order valence-electron chi connectivity index (χ3n) is 4.49. The summed E-state index contributed by atoms with van der Waals surface area (Å²) in [6.07, 6.45) is -0.732. The molecule has 0 saturated carbocycles. The Balaban J connectivity index is 2.06. The molecule has 2 rings (SSSR count). The Bertz CT molecular complexity index is 412. The lowest BCUT2D eigenvalue weighted by Crippen LogP contribution is -2.53. The fourth-order valence-corrected chi connectivity index (χ4v) is 3.53. The van der Waals surface area contributed by atoms with E-state index >= 15 is 0 Å². The van der Waals surface area contributed by atoms with E-state index in [-0.39, 0.29) is 31.0 Å². The quantitative estimate of drug-likeness (QED) is 0.745. The number of hydrogen-bond acceptors (Lipinski definition) is 2. The maximum Gasteiger partial charge on any atom is 0.471 e. The van der Waals surface area contributed by atoms with E-state index in [1.165, 1.54) is 6.92 Å². The van der Waals surface area contributed by atoms with Crippen molar-refractivity contribution in [2.24, 2.45) is 5.92 Å². The van der Waals surface area contributed by atoms with Gasteiger partial charge < -0.3 is 9.80 Å². The molecule has 0 aromatic heterocycles. The van der Waals surface area contributed by atoms with Crippen LogP contribution < -0.4 is 0 Å². The maximum absolute atomic E-state index is 12.6. The molecule has 0 spiro atoms. The molecule has 120 valence electrons. The van der Waals surface area contributed by atoms with Gasteiger partial charge >= 0.3 is 12.1 Å². The normalized spacial score (nSPS) is 27.6. The zero-order chi connectivity index (χ0) is 15.6. The minimum atomic E-state index is -4.81. The molecule has 0 bridgehead atoms. The summed E-state index contributed by atoms with van der Waals surface area (Å²) in [5, 5.41) is 0. The smallest absolute Gasteiger partial charge is 0.340 e. The highest BCUT2D eigenvalue weighted by molar-refractivity contribution is 5.82. The number of halogens is 3. The molecule has 2 unspecified atom stereocenters. The lowest BCUT2D eigenvalue weighted by Gasteiger charge is -2.44. The molecule has 2 aliphatic heterocycles. The molecule has 0 aromatic carbocycles. The fourth-order valence-electron chi connectivity index (χ4n) is 3.53. The van der Waals surface area contributed by atoms with Gasteiger partial charge in [0, 0.05) is 32.6 Å². The molecular formula is C14H21F3N2O2. The van der Waals surface area contributed by atoms with Gasteiger partial charge in [0.2, 0.25) is 5.91 Å². The van der Waals surface area contributed by atoms with Crippen molar-refractivity contribution in [1.29, 1.82) is 0 Å². The number of likely N-dealkylation sites (tertiary alicyclic amines) is 2. The van der Waals surface area contributed by atoms with Crippen molar-refractivity contribution in [2.75, 3.05) is 19.6 Å². The van der Waals surface area contributed by atoms with Crippen LogP contribution in [0.4, 0.5) is 13.2 Å². The summed E-state index contributed by atoms with van der Waals surface area (Å²) in [6, 6.07) is -0.0277. The van der Waals surface area contributed by atoms with Gasteiger partial charge in [0.15, 0.2) is 0 Å². The van der Waals surface area contributed by atoms with Gasteiger partial charge in [-0.25, -0.2) is 0 Å². The summed E-state index contributed by atoms with van der Waals surface area (Å²) in [5.41, 5.74) is 0. The number of piperidine rings is 2. The number of hydrogen-bond donors (Lipinski definition) is 0. The molecule has 0 radical (unpaired) electrons. The van der Waals surface area contributed by atoms with Crippen LogP contribution in [-0.2, 0) is 9.59 Å². The fraction of sp³-hybridized carbons (Fsp3) is 0.857. The number of carbonyl (C=O) groups is 2. The van der Waals surface area contributed by atoms with Crippen LogP contribution in [0.15, 0.2) is 0 Å².